The van der Waals surface area contributed by atoms with E-state index in [0.717, 1.165) is 22.6 Å². The topological polar surface area (TPSA) is 43.5 Å². The van der Waals surface area contributed by atoms with Crippen molar-refractivity contribution in [3.8, 4) is 22.6 Å². The molecule has 0 amide bonds. The van der Waals surface area contributed by atoms with Gasteiger partial charge < -0.3 is 18.9 Å². The zero-order valence-corrected chi connectivity index (χ0v) is 12.6. The van der Waals surface area contributed by atoms with Gasteiger partial charge in [-0.1, -0.05) is 24.3 Å². The first-order valence-corrected chi connectivity index (χ1v) is 7.54. The summed E-state index contributed by atoms with van der Waals surface area (Å²) in [6.07, 6.45) is 0.222. The maximum atomic E-state index is 5.65. The molecule has 4 unspecified atom stereocenters. The summed E-state index contributed by atoms with van der Waals surface area (Å²) in [6.45, 7) is 3.99. The van der Waals surface area contributed by atoms with E-state index in [1.54, 1.807) is 0 Å². The summed E-state index contributed by atoms with van der Waals surface area (Å²) in [5.41, 5.74) is 2.28. The van der Waals surface area contributed by atoms with E-state index >= 15 is 0 Å². The lowest BCUT2D eigenvalue weighted by Gasteiger charge is -2.07. The van der Waals surface area contributed by atoms with Gasteiger partial charge in [-0.3, -0.25) is 0 Å². The van der Waals surface area contributed by atoms with Gasteiger partial charge in [-0.05, 0) is 49.2 Å². The average Bonchev–Trinajstić information content (AvgIpc) is 3.42. The third-order valence-corrected chi connectivity index (χ3v) is 3.86. The molecule has 22 heavy (non-hydrogen) atoms. The summed E-state index contributed by atoms with van der Waals surface area (Å²) in [6, 6.07) is 16.0. The van der Waals surface area contributed by atoms with Crippen LogP contribution in [0.15, 0.2) is 48.5 Å². The molecule has 2 saturated heterocycles. The molecule has 2 fully saturated rings. The van der Waals surface area contributed by atoms with Crippen molar-refractivity contribution < 1.29 is 18.9 Å². The van der Waals surface area contributed by atoms with Crippen LogP contribution in [0.3, 0.4) is 0 Å². The fraction of sp³-hybridized carbons (Fsp3) is 0.333. The van der Waals surface area contributed by atoms with Gasteiger partial charge in [0.2, 0.25) is 12.6 Å². The highest BCUT2D eigenvalue weighted by molar-refractivity contribution is 5.64. The van der Waals surface area contributed by atoms with E-state index in [0.29, 0.717) is 0 Å². The predicted octanol–water partition coefficient (Wildman–Crippen LogP) is 3.60. The minimum Gasteiger partial charge on any atom is -0.462 e. The Kier molecular flexibility index (Phi) is 3.28. The molecular formula is C18H18O4. The van der Waals surface area contributed by atoms with Crippen LogP contribution in [0.25, 0.3) is 11.1 Å². The smallest absolute Gasteiger partial charge is 0.226 e. The highest BCUT2D eigenvalue weighted by Crippen LogP contribution is 2.30. The number of benzene rings is 2. The fourth-order valence-electron chi connectivity index (χ4n) is 2.30. The molecule has 4 atom stereocenters. The van der Waals surface area contributed by atoms with Crippen molar-refractivity contribution >= 4 is 0 Å². The Morgan fingerprint density at radius 1 is 0.636 bits per heavy atom. The van der Waals surface area contributed by atoms with Gasteiger partial charge in [0.05, 0.1) is 0 Å². The summed E-state index contributed by atoms with van der Waals surface area (Å²) >= 11 is 0. The minimum absolute atomic E-state index is 0.0886. The summed E-state index contributed by atoms with van der Waals surface area (Å²) < 4.78 is 21.8. The highest BCUT2D eigenvalue weighted by atomic mass is 16.8. The molecule has 4 rings (SSSR count). The molecule has 0 spiro atoms. The van der Waals surface area contributed by atoms with Crippen LogP contribution in [-0.4, -0.2) is 24.8 Å². The van der Waals surface area contributed by atoms with Crippen LogP contribution in [0.4, 0.5) is 0 Å². The van der Waals surface area contributed by atoms with Crippen LogP contribution in [0.5, 0.6) is 11.5 Å². The molecule has 114 valence electrons. The van der Waals surface area contributed by atoms with Crippen LogP contribution < -0.4 is 9.47 Å². The first kappa shape index (κ1) is 13.6. The summed E-state index contributed by atoms with van der Waals surface area (Å²) in [5.74, 6) is 1.66. The number of rotatable bonds is 5. The standard InChI is InChI=1S/C18H18O4/c1-11-17(19-11)21-15-7-3-13(4-8-15)14-5-9-16(10-6-14)22-18-12(2)20-18/h3-12,17-18H,1-2H3. The Labute approximate surface area is 129 Å². The molecule has 2 aliphatic rings. The van der Waals surface area contributed by atoms with E-state index in [-0.39, 0.29) is 24.8 Å². The van der Waals surface area contributed by atoms with E-state index < -0.39 is 0 Å². The minimum atomic E-state index is -0.0886. The second-order valence-corrected chi connectivity index (χ2v) is 5.70. The molecule has 0 N–H and O–H groups in total. The molecule has 0 bridgehead atoms. The molecule has 0 aromatic heterocycles. The molecule has 4 nitrogen and oxygen atoms in total. The van der Waals surface area contributed by atoms with Crippen molar-refractivity contribution in [2.45, 2.75) is 38.6 Å². The van der Waals surface area contributed by atoms with Crippen molar-refractivity contribution in [2.75, 3.05) is 0 Å². The van der Waals surface area contributed by atoms with Crippen LogP contribution in [0.2, 0.25) is 0 Å². The Morgan fingerprint density at radius 2 is 0.955 bits per heavy atom. The predicted molar refractivity (Wildman–Crippen MR) is 81.8 cm³/mol. The van der Waals surface area contributed by atoms with Gasteiger partial charge in [-0.15, -0.1) is 0 Å². The monoisotopic (exact) mass is 298 g/mol. The van der Waals surface area contributed by atoms with E-state index in [9.17, 15) is 0 Å². The fourth-order valence-corrected chi connectivity index (χ4v) is 2.30. The SMILES string of the molecule is CC1OC1Oc1ccc(-c2ccc(OC3OC3C)cc2)cc1. The lowest BCUT2D eigenvalue weighted by molar-refractivity contribution is 0.178. The van der Waals surface area contributed by atoms with Gasteiger partial charge >= 0.3 is 0 Å². The largest absolute Gasteiger partial charge is 0.462 e. The quantitative estimate of drug-likeness (QED) is 0.791. The number of hydrogen-bond donors (Lipinski definition) is 0. The Morgan fingerprint density at radius 3 is 1.23 bits per heavy atom. The normalized spacial score (nSPS) is 29.0. The van der Waals surface area contributed by atoms with E-state index in [4.69, 9.17) is 18.9 Å². The second-order valence-electron chi connectivity index (χ2n) is 5.70. The van der Waals surface area contributed by atoms with Gasteiger partial charge in [-0.2, -0.15) is 0 Å². The van der Waals surface area contributed by atoms with Crippen LogP contribution in [0.1, 0.15) is 13.8 Å². The van der Waals surface area contributed by atoms with Gasteiger partial charge in [0.25, 0.3) is 0 Å². The highest BCUT2D eigenvalue weighted by Gasteiger charge is 2.37. The molecule has 0 radical (unpaired) electrons. The molecule has 0 saturated carbocycles. The number of hydrogen-bond acceptors (Lipinski definition) is 4. The Balaban J connectivity index is 1.42. The summed E-state index contributed by atoms with van der Waals surface area (Å²) in [4.78, 5) is 0. The zero-order chi connectivity index (χ0) is 15.1. The Bertz CT molecular complexity index is 590. The third-order valence-electron chi connectivity index (χ3n) is 3.86. The Hall–Kier alpha value is -2.04. The van der Waals surface area contributed by atoms with Crippen LogP contribution >= 0.6 is 0 Å². The van der Waals surface area contributed by atoms with Gasteiger partial charge in [-0.25, -0.2) is 0 Å². The average molecular weight is 298 g/mol. The van der Waals surface area contributed by atoms with E-state index in [1.807, 2.05) is 62.4 Å². The van der Waals surface area contributed by atoms with Crippen molar-refractivity contribution in [1.82, 2.24) is 0 Å². The van der Waals surface area contributed by atoms with Gasteiger partial charge in [0, 0.05) is 0 Å². The number of epoxide rings is 2. The van der Waals surface area contributed by atoms with Crippen molar-refractivity contribution in [3.05, 3.63) is 48.5 Å². The van der Waals surface area contributed by atoms with Crippen molar-refractivity contribution in [1.29, 1.82) is 0 Å². The zero-order valence-electron chi connectivity index (χ0n) is 12.6. The lowest BCUT2D eigenvalue weighted by atomic mass is 10.1. The maximum Gasteiger partial charge on any atom is 0.226 e. The van der Waals surface area contributed by atoms with Crippen LogP contribution in [0, 0.1) is 0 Å². The molecule has 2 heterocycles. The van der Waals surface area contributed by atoms with Crippen LogP contribution in [-0.2, 0) is 9.47 Å². The second kappa shape index (κ2) is 5.30. The van der Waals surface area contributed by atoms with E-state index in [2.05, 4.69) is 0 Å². The maximum absolute atomic E-state index is 5.65. The van der Waals surface area contributed by atoms with Crippen molar-refractivity contribution in [3.63, 3.8) is 0 Å². The molecule has 0 aliphatic carbocycles. The first-order chi connectivity index (χ1) is 10.7. The molecular weight excluding hydrogens is 280 g/mol. The summed E-state index contributed by atoms with van der Waals surface area (Å²) in [7, 11) is 0. The van der Waals surface area contributed by atoms with Gasteiger partial charge in [0.15, 0.2) is 0 Å². The van der Waals surface area contributed by atoms with E-state index in [1.165, 1.54) is 0 Å². The third kappa shape index (κ3) is 2.93. The number of ether oxygens (including phenoxy) is 4. The molecule has 2 aromatic rings. The summed E-state index contributed by atoms with van der Waals surface area (Å²) in [5, 5.41) is 0. The van der Waals surface area contributed by atoms with Gasteiger partial charge in [0.1, 0.15) is 23.7 Å². The van der Waals surface area contributed by atoms with Crippen molar-refractivity contribution in [2.24, 2.45) is 0 Å². The lowest BCUT2D eigenvalue weighted by Crippen LogP contribution is -2.01. The first-order valence-electron chi connectivity index (χ1n) is 7.54. The molecule has 4 heteroatoms. The molecule has 2 aromatic carbocycles. The molecule has 2 aliphatic heterocycles.